The van der Waals surface area contributed by atoms with Gasteiger partial charge in [-0.15, -0.1) is 0 Å². The molecule has 0 aromatic carbocycles. The highest BCUT2D eigenvalue weighted by Crippen LogP contribution is 2.28. The molecule has 3 heterocycles. The van der Waals surface area contributed by atoms with Crippen LogP contribution in [-0.4, -0.2) is 29.0 Å². The van der Waals surface area contributed by atoms with Crippen molar-refractivity contribution in [3.05, 3.63) is 41.7 Å². The van der Waals surface area contributed by atoms with E-state index in [2.05, 4.69) is 15.0 Å². The molecule has 0 aliphatic rings. The summed E-state index contributed by atoms with van der Waals surface area (Å²) in [4.78, 5) is 14.0. The number of aromatic nitrogens is 3. The second-order valence-corrected chi connectivity index (χ2v) is 4.96. The Morgan fingerprint density at radius 3 is 2.89 bits per heavy atom. The lowest BCUT2D eigenvalue weighted by molar-refractivity contribution is 1.07. The highest BCUT2D eigenvalue weighted by molar-refractivity contribution is 6.31. The van der Waals surface area contributed by atoms with E-state index in [0.717, 1.165) is 28.1 Å². The Hall–Kier alpha value is -2.07. The van der Waals surface area contributed by atoms with E-state index >= 15 is 0 Å². The van der Waals surface area contributed by atoms with Crippen molar-refractivity contribution < 1.29 is 0 Å². The molecular formula is C14H13ClN4. The third-order valence-corrected chi connectivity index (χ3v) is 3.17. The van der Waals surface area contributed by atoms with Crippen LogP contribution in [0.1, 0.15) is 0 Å². The van der Waals surface area contributed by atoms with Crippen LogP contribution >= 0.6 is 11.6 Å². The standard InChI is InChI=1S/C14H13ClN4/c1-19(2)13-5-3-4-12(18-13)11-8-17-14-10(11)6-9(15)7-16-14/h3-8H,1-2H3,(H,16,17). The summed E-state index contributed by atoms with van der Waals surface area (Å²) < 4.78 is 0. The fraction of sp³-hybridized carbons (Fsp3) is 0.143. The van der Waals surface area contributed by atoms with E-state index in [1.807, 2.05) is 49.5 Å². The summed E-state index contributed by atoms with van der Waals surface area (Å²) in [5, 5.41) is 1.60. The molecule has 0 radical (unpaired) electrons. The molecule has 3 aromatic rings. The van der Waals surface area contributed by atoms with Gasteiger partial charge in [0.25, 0.3) is 0 Å². The van der Waals surface area contributed by atoms with Crippen molar-refractivity contribution in [2.45, 2.75) is 0 Å². The Kier molecular flexibility index (Phi) is 2.87. The second kappa shape index (κ2) is 4.55. The minimum absolute atomic E-state index is 0.622. The Morgan fingerprint density at radius 1 is 1.26 bits per heavy atom. The van der Waals surface area contributed by atoms with Crippen LogP contribution in [0.25, 0.3) is 22.3 Å². The van der Waals surface area contributed by atoms with Gasteiger partial charge in [-0.25, -0.2) is 9.97 Å². The number of aromatic amines is 1. The molecule has 0 amide bonds. The Bertz CT molecular complexity index is 733. The van der Waals surface area contributed by atoms with Gasteiger partial charge in [0.05, 0.1) is 10.7 Å². The van der Waals surface area contributed by atoms with Gasteiger partial charge in [-0.05, 0) is 18.2 Å². The number of pyridine rings is 2. The second-order valence-electron chi connectivity index (χ2n) is 4.53. The first-order valence-corrected chi connectivity index (χ1v) is 6.30. The number of anilines is 1. The molecule has 1 N–H and O–H groups in total. The van der Waals surface area contributed by atoms with Crippen LogP contribution in [-0.2, 0) is 0 Å². The van der Waals surface area contributed by atoms with Crippen molar-refractivity contribution >= 4 is 28.5 Å². The molecule has 3 aromatic heterocycles. The van der Waals surface area contributed by atoms with E-state index in [1.165, 1.54) is 0 Å². The molecule has 0 saturated heterocycles. The summed E-state index contributed by atoms with van der Waals surface area (Å²) in [6, 6.07) is 7.86. The van der Waals surface area contributed by atoms with Crippen LogP contribution in [0.5, 0.6) is 0 Å². The molecule has 0 aliphatic heterocycles. The highest BCUT2D eigenvalue weighted by Gasteiger charge is 2.09. The molecule has 19 heavy (non-hydrogen) atoms. The fourth-order valence-corrected chi connectivity index (χ4v) is 2.17. The van der Waals surface area contributed by atoms with Crippen LogP contribution in [0.15, 0.2) is 36.7 Å². The van der Waals surface area contributed by atoms with E-state index in [1.54, 1.807) is 6.20 Å². The van der Waals surface area contributed by atoms with E-state index < -0.39 is 0 Å². The number of halogens is 1. The number of hydrogen-bond donors (Lipinski definition) is 1. The molecule has 0 aliphatic carbocycles. The minimum Gasteiger partial charge on any atom is -0.363 e. The van der Waals surface area contributed by atoms with Gasteiger partial charge in [0.2, 0.25) is 0 Å². The Balaban J connectivity index is 2.18. The predicted molar refractivity (Wildman–Crippen MR) is 78.7 cm³/mol. The van der Waals surface area contributed by atoms with Crippen LogP contribution in [0, 0.1) is 0 Å². The van der Waals surface area contributed by atoms with E-state index in [9.17, 15) is 0 Å². The van der Waals surface area contributed by atoms with Crippen molar-refractivity contribution in [2.75, 3.05) is 19.0 Å². The van der Waals surface area contributed by atoms with Crippen molar-refractivity contribution in [3.8, 4) is 11.3 Å². The average Bonchev–Trinajstić information content (AvgIpc) is 2.81. The van der Waals surface area contributed by atoms with Gasteiger partial charge in [0, 0.05) is 37.4 Å². The lowest BCUT2D eigenvalue weighted by atomic mass is 10.1. The van der Waals surface area contributed by atoms with E-state index in [0.29, 0.717) is 5.02 Å². The zero-order valence-electron chi connectivity index (χ0n) is 10.7. The molecular weight excluding hydrogens is 260 g/mol. The quantitative estimate of drug-likeness (QED) is 0.778. The SMILES string of the molecule is CN(C)c1cccc(-c2c[nH]c3ncc(Cl)cc23)n1. The minimum atomic E-state index is 0.622. The Labute approximate surface area is 116 Å². The normalized spacial score (nSPS) is 10.9. The first kappa shape index (κ1) is 12.0. The molecule has 0 atom stereocenters. The summed E-state index contributed by atoms with van der Waals surface area (Å²) in [5.41, 5.74) is 2.73. The van der Waals surface area contributed by atoms with Gasteiger partial charge in [0.1, 0.15) is 11.5 Å². The molecule has 4 nitrogen and oxygen atoms in total. The lowest BCUT2D eigenvalue weighted by Crippen LogP contribution is -2.10. The third-order valence-electron chi connectivity index (χ3n) is 2.97. The largest absolute Gasteiger partial charge is 0.363 e. The van der Waals surface area contributed by atoms with Gasteiger partial charge >= 0.3 is 0 Å². The van der Waals surface area contributed by atoms with Gasteiger partial charge in [-0.3, -0.25) is 0 Å². The maximum atomic E-state index is 6.01. The summed E-state index contributed by atoms with van der Waals surface area (Å²) >= 11 is 6.01. The number of fused-ring (bicyclic) bond motifs is 1. The zero-order chi connectivity index (χ0) is 13.4. The van der Waals surface area contributed by atoms with Gasteiger partial charge in [0.15, 0.2) is 0 Å². The number of hydrogen-bond acceptors (Lipinski definition) is 3. The maximum absolute atomic E-state index is 6.01. The smallest absolute Gasteiger partial charge is 0.138 e. The van der Waals surface area contributed by atoms with Crippen LogP contribution in [0.2, 0.25) is 5.02 Å². The summed E-state index contributed by atoms with van der Waals surface area (Å²) in [6.07, 6.45) is 3.55. The predicted octanol–water partition coefficient (Wildman–Crippen LogP) is 3.34. The van der Waals surface area contributed by atoms with Crippen molar-refractivity contribution in [1.29, 1.82) is 0 Å². The number of nitrogens with one attached hydrogen (secondary N) is 1. The number of rotatable bonds is 2. The zero-order valence-corrected chi connectivity index (χ0v) is 11.4. The Morgan fingerprint density at radius 2 is 2.11 bits per heavy atom. The molecule has 5 heteroatoms. The monoisotopic (exact) mass is 272 g/mol. The molecule has 0 spiro atoms. The van der Waals surface area contributed by atoms with E-state index in [-0.39, 0.29) is 0 Å². The highest BCUT2D eigenvalue weighted by atomic mass is 35.5. The molecule has 0 saturated carbocycles. The van der Waals surface area contributed by atoms with Crippen LogP contribution in [0.4, 0.5) is 5.82 Å². The van der Waals surface area contributed by atoms with Crippen molar-refractivity contribution in [1.82, 2.24) is 15.0 Å². The number of nitrogens with zero attached hydrogens (tertiary/aromatic N) is 3. The van der Waals surface area contributed by atoms with Gasteiger partial charge in [-0.2, -0.15) is 0 Å². The van der Waals surface area contributed by atoms with Gasteiger partial charge in [-0.1, -0.05) is 17.7 Å². The molecule has 0 bridgehead atoms. The average molecular weight is 273 g/mol. The van der Waals surface area contributed by atoms with Crippen LogP contribution in [0.3, 0.4) is 0 Å². The van der Waals surface area contributed by atoms with Crippen molar-refractivity contribution in [3.63, 3.8) is 0 Å². The third kappa shape index (κ3) is 2.15. The summed E-state index contributed by atoms with van der Waals surface area (Å²) in [7, 11) is 3.94. The summed E-state index contributed by atoms with van der Waals surface area (Å²) in [6.45, 7) is 0. The topological polar surface area (TPSA) is 44.8 Å². The maximum Gasteiger partial charge on any atom is 0.138 e. The fourth-order valence-electron chi connectivity index (χ4n) is 2.01. The first-order chi connectivity index (χ1) is 9.15. The van der Waals surface area contributed by atoms with Crippen LogP contribution < -0.4 is 4.90 Å². The molecule has 96 valence electrons. The van der Waals surface area contributed by atoms with E-state index in [4.69, 9.17) is 11.6 Å². The molecule has 0 unspecified atom stereocenters. The summed E-state index contributed by atoms with van der Waals surface area (Å²) in [5.74, 6) is 0.918. The first-order valence-electron chi connectivity index (χ1n) is 5.92. The van der Waals surface area contributed by atoms with Crippen molar-refractivity contribution in [2.24, 2.45) is 0 Å². The number of H-pyrrole nitrogens is 1. The van der Waals surface area contributed by atoms with Gasteiger partial charge < -0.3 is 9.88 Å². The lowest BCUT2D eigenvalue weighted by Gasteiger charge is -2.11. The molecule has 0 fully saturated rings. The molecule has 3 rings (SSSR count).